The van der Waals surface area contributed by atoms with Gasteiger partial charge in [-0.25, -0.2) is 0 Å². The van der Waals surface area contributed by atoms with E-state index in [1.54, 1.807) is 12.1 Å². The number of amides is 2. The molecule has 1 heterocycles. The first-order valence-corrected chi connectivity index (χ1v) is 7.61. The third-order valence-corrected chi connectivity index (χ3v) is 3.62. The van der Waals surface area contributed by atoms with Crippen LogP contribution in [0.1, 0.15) is 60.4 Å². The Morgan fingerprint density at radius 1 is 1.29 bits per heavy atom. The van der Waals surface area contributed by atoms with E-state index in [-0.39, 0.29) is 23.6 Å². The van der Waals surface area contributed by atoms with Crippen LogP contribution in [-0.2, 0) is 0 Å². The van der Waals surface area contributed by atoms with Gasteiger partial charge in [-0.2, -0.15) is 0 Å². The summed E-state index contributed by atoms with van der Waals surface area (Å²) in [5, 5.41) is 5.82. The molecule has 1 fully saturated rings. The monoisotopic (exact) mass is 289 g/mol. The number of rotatable bonds is 5. The van der Waals surface area contributed by atoms with E-state index >= 15 is 0 Å². The number of hydrogen-bond acceptors (Lipinski definition) is 3. The normalized spacial score (nSPS) is 15.2. The zero-order chi connectivity index (χ0) is 15.2. The summed E-state index contributed by atoms with van der Waals surface area (Å²) >= 11 is 0. The maximum absolute atomic E-state index is 12.2. The minimum Gasteiger partial charge on any atom is -0.350 e. The van der Waals surface area contributed by atoms with Gasteiger partial charge >= 0.3 is 0 Å². The van der Waals surface area contributed by atoms with E-state index in [0.29, 0.717) is 18.0 Å². The SMILES string of the molecule is CC(C)CNC(=O)c1cc(C(=O)NC2CCCC2)ccn1. The van der Waals surface area contributed by atoms with Gasteiger partial charge in [0, 0.05) is 24.3 Å². The van der Waals surface area contributed by atoms with Crippen LogP contribution in [0.5, 0.6) is 0 Å². The Bertz CT molecular complexity index is 508. The van der Waals surface area contributed by atoms with Gasteiger partial charge in [0.05, 0.1) is 0 Å². The lowest BCUT2D eigenvalue weighted by Crippen LogP contribution is -2.33. The molecular formula is C16H23N3O2. The van der Waals surface area contributed by atoms with Crippen molar-refractivity contribution in [3.63, 3.8) is 0 Å². The summed E-state index contributed by atoms with van der Waals surface area (Å²) in [4.78, 5) is 28.2. The maximum Gasteiger partial charge on any atom is 0.269 e. The first kappa shape index (κ1) is 15.5. The van der Waals surface area contributed by atoms with E-state index in [9.17, 15) is 9.59 Å². The van der Waals surface area contributed by atoms with Gasteiger partial charge in [0.15, 0.2) is 0 Å². The molecule has 1 aliphatic carbocycles. The highest BCUT2D eigenvalue weighted by Gasteiger charge is 2.19. The molecule has 114 valence electrons. The topological polar surface area (TPSA) is 71.1 Å². The van der Waals surface area contributed by atoms with Crippen molar-refractivity contribution in [3.05, 3.63) is 29.6 Å². The Morgan fingerprint density at radius 2 is 2.00 bits per heavy atom. The largest absolute Gasteiger partial charge is 0.350 e. The van der Waals surface area contributed by atoms with E-state index in [1.165, 1.54) is 19.0 Å². The number of aromatic nitrogens is 1. The molecule has 5 heteroatoms. The second-order valence-corrected chi connectivity index (χ2v) is 5.99. The average Bonchev–Trinajstić information content (AvgIpc) is 2.97. The molecule has 2 N–H and O–H groups in total. The highest BCUT2D eigenvalue weighted by Crippen LogP contribution is 2.18. The van der Waals surface area contributed by atoms with Crippen molar-refractivity contribution in [1.82, 2.24) is 15.6 Å². The van der Waals surface area contributed by atoms with Crippen LogP contribution in [0.3, 0.4) is 0 Å². The second kappa shape index (κ2) is 7.20. The zero-order valence-electron chi connectivity index (χ0n) is 12.7. The fourth-order valence-corrected chi connectivity index (χ4v) is 2.42. The molecule has 2 rings (SSSR count). The van der Waals surface area contributed by atoms with Crippen LogP contribution in [0.4, 0.5) is 0 Å². The number of carbonyl (C=O) groups is 2. The Labute approximate surface area is 125 Å². The van der Waals surface area contributed by atoms with Crippen LogP contribution in [0, 0.1) is 5.92 Å². The molecule has 0 radical (unpaired) electrons. The zero-order valence-corrected chi connectivity index (χ0v) is 12.7. The van der Waals surface area contributed by atoms with Gasteiger partial charge in [-0.3, -0.25) is 14.6 Å². The molecule has 0 aliphatic heterocycles. The second-order valence-electron chi connectivity index (χ2n) is 5.99. The van der Waals surface area contributed by atoms with Crippen LogP contribution in [0.2, 0.25) is 0 Å². The van der Waals surface area contributed by atoms with Crippen molar-refractivity contribution < 1.29 is 9.59 Å². The first-order chi connectivity index (χ1) is 10.1. The predicted octanol–water partition coefficient (Wildman–Crippen LogP) is 2.14. The Balaban J connectivity index is 1.99. The van der Waals surface area contributed by atoms with Gasteiger partial charge in [-0.15, -0.1) is 0 Å². The van der Waals surface area contributed by atoms with E-state index in [2.05, 4.69) is 15.6 Å². The van der Waals surface area contributed by atoms with Crippen molar-refractivity contribution >= 4 is 11.8 Å². The Kier molecular flexibility index (Phi) is 5.31. The van der Waals surface area contributed by atoms with Gasteiger partial charge in [-0.05, 0) is 30.9 Å². The molecule has 1 saturated carbocycles. The molecule has 0 atom stereocenters. The lowest BCUT2D eigenvalue weighted by atomic mass is 10.1. The van der Waals surface area contributed by atoms with E-state index < -0.39 is 0 Å². The highest BCUT2D eigenvalue weighted by molar-refractivity contribution is 5.98. The van der Waals surface area contributed by atoms with Crippen molar-refractivity contribution in [1.29, 1.82) is 0 Å². The van der Waals surface area contributed by atoms with Gasteiger partial charge < -0.3 is 10.6 Å². The molecule has 1 aromatic heterocycles. The molecule has 0 spiro atoms. The minimum atomic E-state index is -0.237. The van der Waals surface area contributed by atoms with Gasteiger partial charge in [0.1, 0.15) is 5.69 Å². The van der Waals surface area contributed by atoms with Gasteiger partial charge in [0.2, 0.25) is 0 Å². The molecule has 21 heavy (non-hydrogen) atoms. The molecule has 2 amide bonds. The molecule has 1 aromatic rings. The van der Waals surface area contributed by atoms with Crippen LogP contribution < -0.4 is 10.6 Å². The number of nitrogens with zero attached hydrogens (tertiary/aromatic N) is 1. The Morgan fingerprint density at radius 3 is 2.67 bits per heavy atom. The van der Waals surface area contributed by atoms with Crippen LogP contribution >= 0.6 is 0 Å². The summed E-state index contributed by atoms with van der Waals surface area (Å²) < 4.78 is 0. The predicted molar refractivity (Wildman–Crippen MR) is 81.1 cm³/mol. The van der Waals surface area contributed by atoms with Crippen molar-refractivity contribution in [2.75, 3.05) is 6.54 Å². The first-order valence-electron chi connectivity index (χ1n) is 7.61. The van der Waals surface area contributed by atoms with E-state index in [1.807, 2.05) is 13.8 Å². The standard InChI is InChI=1S/C16H23N3O2/c1-11(2)10-18-16(21)14-9-12(7-8-17-14)15(20)19-13-5-3-4-6-13/h7-9,11,13H,3-6,10H2,1-2H3,(H,18,21)(H,19,20). The van der Waals surface area contributed by atoms with E-state index in [4.69, 9.17) is 0 Å². The van der Waals surface area contributed by atoms with Crippen molar-refractivity contribution in [3.8, 4) is 0 Å². The lowest BCUT2D eigenvalue weighted by Gasteiger charge is -2.12. The van der Waals surface area contributed by atoms with Crippen LogP contribution in [0.25, 0.3) is 0 Å². The fraction of sp³-hybridized carbons (Fsp3) is 0.562. The molecule has 0 saturated heterocycles. The quantitative estimate of drug-likeness (QED) is 0.872. The highest BCUT2D eigenvalue weighted by atomic mass is 16.2. The van der Waals surface area contributed by atoms with Gasteiger partial charge in [0.25, 0.3) is 11.8 Å². The molecule has 0 bridgehead atoms. The molecule has 5 nitrogen and oxygen atoms in total. The third kappa shape index (κ3) is 4.55. The maximum atomic E-state index is 12.2. The minimum absolute atomic E-state index is 0.123. The number of pyridine rings is 1. The fourth-order valence-electron chi connectivity index (χ4n) is 2.42. The third-order valence-electron chi connectivity index (χ3n) is 3.62. The van der Waals surface area contributed by atoms with E-state index in [0.717, 1.165) is 12.8 Å². The molecule has 0 unspecified atom stereocenters. The number of nitrogens with one attached hydrogen (secondary N) is 2. The van der Waals surface area contributed by atoms with Crippen LogP contribution in [0.15, 0.2) is 18.3 Å². The van der Waals surface area contributed by atoms with Crippen molar-refractivity contribution in [2.45, 2.75) is 45.6 Å². The summed E-state index contributed by atoms with van der Waals surface area (Å²) in [6, 6.07) is 3.47. The number of hydrogen-bond donors (Lipinski definition) is 2. The Hall–Kier alpha value is -1.91. The summed E-state index contributed by atoms with van der Waals surface area (Å²) in [7, 11) is 0. The van der Waals surface area contributed by atoms with Crippen LogP contribution in [-0.4, -0.2) is 29.4 Å². The molecule has 0 aromatic carbocycles. The summed E-state index contributed by atoms with van der Waals surface area (Å²) in [5.74, 6) is 0.0178. The number of carbonyl (C=O) groups excluding carboxylic acids is 2. The summed E-state index contributed by atoms with van der Waals surface area (Å²) in [6.45, 7) is 4.65. The lowest BCUT2D eigenvalue weighted by molar-refractivity contribution is 0.0937. The molecule has 1 aliphatic rings. The van der Waals surface area contributed by atoms with Crippen molar-refractivity contribution in [2.24, 2.45) is 5.92 Å². The van der Waals surface area contributed by atoms with Gasteiger partial charge in [-0.1, -0.05) is 26.7 Å². The summed E-state index contributed by atoms with van der Waals surface area (Å²) in [5.41, 5.74) is 0.779. The smallest absolute Gasteiger partial charge is 0.269 e. The average molecular weight is 289 g/mol. The summed E-state index contributed by atoms with van der Waals surface area (Å²) in [6.07, 6.45) is 5.93. The molecular weight excluding hydrogens is 266 g/mol.